The standard InChI is InChI=1S/C14H25NO3/c1-9(15-8-13(16)17)18-14-5-10-2-11(6-14)4-12(3-10)7-14/h9-13,15-17H,2-8H2,1H3. The van der Waals surface area contributed by atoms with Crippen LogP contribution in [-0.2, 0) is 4.74 Å². The summed E-state index contributed by atoms with van der Waals surface area (Å²) in [5.41, 5.74) is 0.0849. The smallest absolute Gasteiger partial charge is 0.164 e. The van der Waals surface area contributed by atoms with E-state index in [0.717, 1.165) is 17.8 Å². The summed E-state index contributed by atoms with van der Waals surface area (Å²) >= 11 is 0. The lowest BCUT2D eigenvalue weighted by Crippen LogP contribution is -2.54. The summed E-state index contributed by atoms with van der Waals surface area (Å²) in [5.74, 6) is 2.64. The van der Waals surface area contributed by atoms with Crippen LogP contribution in [-0.4, -0.2) is 34.9 Å². The zero-order valence-corrected chi connectivity index (χ0v) is 11.1. The Labute approximate surface area is 109 Å². The lowest BCUT2D eigenvalue weighted by Gasteiger charge is -2.56. The van der Waals surface area contributed by atoms with Crippen LogP contribution in [0.25, 0.3) is 0 Å². The van der Waals surface area contributed by atoms with Crippen molar-refractivity contribution in [2.45, 2.75) is 63.6 Å². The van der Waals surface area contributed by atoms with Crippen LogP contribution in [0.5, 0.6) is 0 Å². The molecule has 4 saturated carbocycles. The first kappa shape index (κ1) is 12.9. The van der Waals surface area contributed by atoms with Crippen molar-refractivity contribution in [2.75, 3.05) is 6.54 Å². The fraction of sp³-hybridized carbons (Fsp3) is 1.00. The van der Waals surface area contributed by atoms with Gasteiger partial charge in [-0.25, -0.2) is 0 Å². The number of aliphatic hydroxyl groups is 2. The average Bonchev–Trinajstić information content (AvgIpc) is 2.23. The normalized spacial score (nSPS) is 43.7. The van der Waals surface area contributed by atoms with Gasteiger partial charge < -0.3 is 14.9 Å². The fourth-order valence-corrected chi connectivity index (χ4v) is 4.86. The van der Waals surface area contributed by atoms with Crippen molar-refractivity contribution in [1.29, 1.82) is 0 Å². The van der Waals surface area contributed by atoms with E-state index in [4.69, 9.17) is 14.9 Å². The SMILES string of the molecule is CC(NCC(O)O)OC12CC3CC(CC(C3)C1)C2. The molecule has 0 aromatic rings. The molecular weight excluding hydrogens is 230 g/mol. The van der Waals surface area contributed by atoms with Gasteiger partial charge in [0.15, 0.2) is 6.29 Å². The topological polar surface area (TPSA) is 61.7 Å². The predicted octanol–water partition coefficient (Wildman–Crippen LogP) is 1.22. The third-order valence-corrected chi connectivity index (χ3v) is 5.00. The van der Waals surface area contributed by atoms with Crippen molar-refractivity contribution < 1.29 is 14.9 Å². The Kier molecular flexibility index (Phi) is 3.39. The highest BCUT2D eigenvalue weighted by atomic mass is 16.5. The molecule has 4 aliphatic carbocycles. The molecule has 4 bridgehead atoms. The van der Waals surface area contributed by atoms with E-state index >= 15 is 0 Å². The van der Waals surface area contributed by atoms with Gasteiger partial charge in [-0.15, -0.1) is 0 Å². The average molecular weight is 255 g/mol. The molecule has 4 fully saturated rings. The molecule has 4 nitrogen and oxygen atoms in total. The van der Waals surface area contributed by atoms with Crippen molar-refractivity contribution >= 4 is 0 Å². The Morgan fingerprint density at radius 3 is 2.06 bits per heavy atom. The minimum absolute atomic E-state index is 0.0849. The molecule has 1 atom stereocenters. The van der Waals surface area contributed by atoms with Gasteiger partial charge in [-0.3, -0.25) is 5.32 Å². The van der Waals surface area contributed by atoms with E-state index in [1.807, 2.05) is 6.92 Å². The molecule has 0 spiro atoms. The Hall–Kier alpha value is -0.160. The molecule has 0 saturated heterocycles. The molecule has 4 aliphatic rings. The molecule has 3 N–H and O–H groups in total. The fourth-order valence-electron chi connectivity index (χ4n) is 4.86. The first-order valence-corrected chi connectivity index (χ1v) is 7.32. The second-order valence-corrected chi connectivity index (χ2v) is 6.75. The lowest BCUT2D eigenvalue weighted by atomic mass is 9.54. The van der Waals surface area contributed by atoms with Crippen LogP contribution in [0.1, 0.15) is 45.4 Å². The second-order valence-electron chi connectivity index (χ2n) is 6.75. The highest BCUT2D eigenvalue weighted by Gasteiger charge is 2.52. The summed E-state index contributed by atoms with van der Waals surface area (Å²) in [5, 5.41) is 20.8. The monoisotopic (exact) mass is 255 g/mol. The summed E-state index contributed by atoms with van der Waals surface area (Å²) in [7, 11) is 0. The van der Waals surface area contributed by atoms with Crippen LogP contribution in [0.4, 0.5) is 0 Å². The summed E-state index contributed by atoms with van der Waals surface area (Å²) in [6.07, 6.45) is 6.50. The van der Waals surface area contributed by atoms with Crippen molar-refractivity contribution in [3.05, 3.63) is 0 Å². The zero-order valence-electron chi connectivity index (χ0n) is 11.1. The van der Waals surface area contributed by atoms with E-state index in [-0.39, 0.29) is 18.4 Å². The zero-order chi connectivity index (χ0) is 12.8. The number of hydrogen-bond acceptors (Lipinski definition) is 4. The second kappa shape index (κ2) is 4.75. The van der Waals surface area contributed by atoms with Gasteiger partial charge in [0.1, 0.15) is 6.23 Å². The molecule has 0 radical (unpaired) electrons. The maximum atomic E-state index is 8.87. The van der Waals surface area contributed by atoms with Gasteiger partial charge in [0.05, 0.1) is 5.60 Å². The molecule has 0 heterocycles. The molecule has 0 amide bonds. The van der Waals surface area contributed by atoms with Gasteiger partial charge in [-0.05, 0) is 63.2 Å². The van der Waals surface area contributed by atoms with Gasteiger partial charge in [0.25, 0.3) is 0 Å². The third-order valence-electron chi connectivity index (χ3n) is 5.00. The van der Waals surface area contributed by atoms with Gasteiger partial charge in [0.2, 0.25) is 0 Å². The summed E-state index contributed by atoms with van der Waals surface area (Å²) in [6, 6.07) is 0. The van der Waals surface area contributed by atoms with Crippen LogP contribution in [0.15, 0.2) is 0 Å². The quantitative estimate of drug-likeness (QED) is 0.646. The van der Waals surface area contributed by atoms with Crippen LogP contribution >= 0.6 is 0 Å². The Bertz CT molecular complexity index is 270. The Morgan fingerprint density at radius 1 is 1.11 bits per heavy atom. The van der Waals surface area contributed by atoms with Gasteiger partial charge in [0, 0.05) is 6.54 Å². The van der Waals surface area contributed by atoms with Crippen molar-refractivity contribution in [1.82, 2.24) is 5.32 Å². The largest absolute Gasteiger partial charge is 0.367 e. The molecule has 0 aromatic heterocycles. The van der Waals surface area contributed by atoms with E-state index in [0.29, 0.717) is 0 Å². The van der Waals surface area contributed by atoms with Crippen molar-refractivity contribution in [3.8, 4) is 0 Å². The molecule has 0 aromatic carbocycles. The van der Waals surface area contributed by atoms with Crippen molar-refractivity contribution in [3.63, 3.8) is 0 Å². The van der Waals surface area contributed by atoms with E-state index in [9.17, 15) is 0 Å². The summed E-state index contributed by atoms with van der Waals surface area (Å²) < 4.78 is 6.27. The maximum absolute atomic E-state index is 8.87. The molecular formula is C14H25NO3. The van der Waals surface area contributed by atoms with Gasteiger partial charge >= 0.3 is 0 Å². The number of rotatable bonds is 5. The molecule has 1 unspecified atom stereocenters. The highest BCUT2D eigenvalue weighted by Crippen LogP contribution is 2.57. The first-order valence-electron chi connectivity index (χ1n) is 7.32. The Balaban J connectivity index is 1.58. The lowest BCUT2D eigenvalue weighted by molar-refractivity contribution is -0.192. The number of hydrogen-bond donors (Lipinski definition) is 3. The van der Waals surface area contributed by atoms with Crippen LogP contribution < -0.4 is 5.32 Å². The number of nitrogens with one attached hydrogen (secondary N) is 1. The minimum Gasteiger partial charge on any atom is -0.367 e. The molecule has 104 valence electrons. The van der Waals surface area contributed by atoms with E-state index in [2.05, 4.69) is 5.32 Å². The summed E-state index contributed by atoms with van der Waals surface area (Å²) in [6.45, 7) is 2.15. The molecule has 0 aliphatic heterocycles. The van der Waals surface area contributed by atoms with E-state index in [1.54, 1.807) is 0 Å². The van der Waals surface area contributed by atoms with Crippen LogP contribution in [0.2, 0.25) is 0 Å². The minimum atomic E-state index is -1.30. The number of ether oxygens (including phenoxy) is 1. The molecule has 4 rings (SSSR count). The van der Waals surface area contributed by atoms with Crippen molar-refractivity contribution in [2.24, 2.45) is 17.8 Å². The molecule has 4 heteroatoms. The molecule has 18 heavy (non-hydrogen) atoms. The van der Waals surface area contributed by atoms with Gasteiger partial charge in [-0.2, -0.15) is 0 Å². The van der Waals surface area contributed by atoms with Crippen LogP contribution in [0, 0.1) is 17.8 Å². The third kappa shape index (κ3) is 2.57. The Morgan fingerprint density at radius 2 is 1.61 bits per heavy atom. The highest BCUT2D eigenvalue weighted by molar-refractivity contribution is 5.03. The van der Waals surface area contributed by atoms with Gasteiger partial charge in [-0.1, -0.05) is 0 Å². The first-order chi connectivity index (χ1) is 8.55. The van der Waals surface area contributed by atoms with Crippen LogP contribution in [0.3, 0.4) is 0 Å². The number of aliphatic hydroxyl groups excluding tert-OH is 1. The summed E-state index contributed by atoms with van der Waals surface area (Å²) in [4.78, 5) is 0. The maximum Gasteiger partial charge on any atom is 0.164 e. The van der Waals surface area contributed by atoms with E-state index in [1.165, 1.54) is 38.5 Å². The predicted molar refractivity (Wildman–Crippen MR) is 67.7 cm³/mol. The van der Waals surface area contributed by atoms with E-state index < -0.39 is 6.29 Å².